The SMILES string of the molecule is COc1ccc(C(=O)N(C)Cc2cc(C)on2)cc1Br. The zero-order valence-corrected chi connectivity index (χ0v) is 13.1. The molecule has 0 fully saturated rings. The Morgan fingerprint density at radius 3 is 2.75 bits per heavy atom. The molecule has 0 spiro atoms. The zero-order chi connectivity index (χ0) is 14.7. The van der Waals surface area contributed by atoms with Gasteiger partial charge in [0.2, 0.25) is 0 Å². The lowest BCUT2D eigenvalue weighted by Gasteiger charge is -2.16. The number of halogens is 1. The Bertz CT molecular complexity index is 625. The molecule has 1 aromatic heterocycles. The first kappa shape index (κ1) is 14.6. The van der Waals surface area contributed by atoms with Crippen molar-refractivity contribution >= 4 is 21.8 Å². The summed E-state index contributed by atoms with van der Waals surface area (Å²) in [6.07, 6.45) is 0. The van der Waals surface area contributed by atoms with E-state index in [9.17, 15) is 4.79 Å². The summed E-state index contributed by atoms with van der Waals surface area (Å²) < 4.78 is 10.9. The number of hydrogen-bond acceptors (Lipinski definition) is 4. The molecule has 0 aliphatic carbocycles. The molecule has 0 saturated carbocycles. The summed E-state index contributed by atoms with van der Waals surface area (Å²) in [5.41, 5.74) is 1.31. The fourth-order valence-corrected chi connectivity index (χ4v) is 2.37. The van der Waals surface area contributed by atoms with Crippen LogP contribution in [0.3, 0.4) is 0 Å². The number of carbonyl (C=O) groups is 1. The molecule has 5 nitrogen and oxygen atoms in total. The molecule has 106 valence electrons. The third kappa shape index (κ3) is 3.19. The van der Waals surface area contributed by atoms with E-state index in [2.05, 4.69) is 21.1 Å². The number of hydrogen-bond donors (Lipinski definition) is 0. The molecule has 0 atom stereocenters. The number of carbonyl (C=O) groups excluding carboxylic acids is 1. The molecule has 20 heavy (non-hydrogen) atoms. The highest BCUT2D eigenvalue weighted by Crippen LogP contribution is 2.26. The van der Waals surface area contributed by atoms with Crippen molar-refractivity contribution in [3.63, 3.8) is 0 Å². The zero-order valence-electron chi connectivity index (χ0n) is 11.5. The van der Waals surface area contributed by atoms with Gasteiger partial charge < -0.3 is 14.2 Å². The second-order valence-electron chi connectivity index (χ2n) is 4.44. The standard InChI is InChI=1S/C14H15BrN2O3/c1-9-6-11(16-20-9)8-17(2)14(18)10-4-5-13(19-3)12(15)7-10/h4-7H,8H2,1-3H3. The minimum Gasteiger partial charge on any atom is -0.496 e. The van der Waals surface area contributed by atoms with Gasteiger partial charge in [-0.2, -0.15) is 0 Å². The summed E-state index contributed by atoms with van der Waals surface area (Å²) in [5, 5.41) is 3.88. The molecule has 0 saturated heterocycles. The monoisotopic (exact) mass is 338 g/mol. The Hall–Kier alpha value is -1.82. The molecule has 0 unspecified atom stereocenters. The quantitative estimate of drug-likeness (QED) is 0.859. The topological polar surface area (TPSA) is 55.6 Å². The highest BCUT2D eigenvalue weighted by Gasteiger charge is 2.15. The molecular formula is C14H15BrN2O3. The maximum Gasteiger partial charge on any atom is 0.253 e. The third-order valence-electron chi connectivity index (χ3n) is 2.82. The first-order chi connectivity index (χ1) is 9.51. The van der Waals surface area contributed by atoms with E-state index in [0.717, 1.165) is 15.9 Å². The van der Waals surface area contributed by atoms with Crippen LogP contribution in [0, 0.1) is 6.92 Å². The molecule has 1 amide bonds. The minimum absolute atomic E-state index is 0.0889. The minimum atomic E-state index is -0.0889. The molecule has 0 bridgehead atoms. The van der Waals surface area contributed by atoms with E-state index >= 15 is 0 Å². The summed E-state index contributed by atoms with van der Waals surface area (Å²) in [7, 11) is 3.31. The highest BCUT2D eigenvalue weighted by atomic mass is 79.9. The number of ether oxygens (including phenoxy) is 1. The summed E-state index contributed by atoms with van der Waals surface area (Å²) >= 11 is 3.37. The highest BCUT2D eigenvalue weighted by molar-refractivity contribution is 9.10. The van der Waals surface area contributed by atoms with Crippen molar-refractivity contribution in [2.75, 3.05) is 14.2 Å². The van der Waals surface area contributed by atoms with Crippen LogP contribution in [0.25, 0.3) is 0 Å². The number of benzene rings is 1. The lowest BCUT2D eigenvalue weighted by molar-refractivity contribution is 0.0782. The average molecular weight is 339 g/mol. The van der Waals surface area contributed by atoms with E-state index in [4.69, 9.17) is 9.26 Å². The molecule has 0 aliphatic heterocycles. The van der Waals surface area contributed by atoms with Gasteiger partial charge in [-0.15, -0.1) is 0 Å². The van der Waals surface area contributed by atoms with Gasteiger partial charge in [0, 0.05) is 18.7 Å². The number of rotatable bonds is 4. The van der Waals surface area contributed by atoms with Crippen molar-refractivity contribution < 1.29 is 14.1 Å². The van der Waals surface area contributed by atoms with Crippen LogP contribution in [0.4, 0.5) is 0 Å². The van der Waals surface area contributed by atoms with Crippen LogP contribution in [-0.2, 0) is 6.54 Å². The first-order valence-corrected chi connectivity index (χ1v) is 6.81. The lowest BCUT2D eigenvalue weighted by Crippen LogP contribution is -2.26. The average Bonchev–Trinajstić information content (AvgIpc) is 2.83. The van der Waals surface area contributed by atoms with Gasteiger partial charge in [-0.05, 0) is 41.1 Å². The van der Waals surface area contributed by atoms with Gasteiger partial charge in [-0.3, -0.25) is 4.79 Å². The van der Waals surface area contributed by atoms with E-state index < -0.39 is 0 Å². The predicted octanol–water partition coefficient (Wildman–Crippen LogP) is 3.03. The summed E-state index contributed by atoms with van der Waals surface area (Å²) in [4.78, 5) is 13.9. The van der Waals surface area contributed by atoms with Crippen LogP contribution in [0.5, 0.6) is 5.75 Å². The van der Waals surface area contributed by atoms with Crippen molar-refractivity contribution in [1.29, 1.82) is 0 Å². The molecular weight excluding hydrogens is 324 g/mol. The van der Waals surface area contributed by atoms with Crippen LogP contribution in [0.2, 0.25) is 0 Å². The third-order valence-corrected chi connectivity index (χ3v) is 3.44. The van der Waals surface area contributed by atoms with Gasteiger partial charge in [0.1, 0.15) is 17.2 Å². The number of nitrogens with zero attached hydrogens (tertiary/aromatic N) is 2. The van der Waals surface area contributed by atoms with E-state index in [0.29, 0.717) is 17.9 Å². The molecule has 1 aromatic carbocycles. The van der Waals surface area contributed by atoms with Crippen molar-refractivity contribution in [3.05, 3.63) is 45.8 Å². The first-order valence-electron chi connectivity index (χ1n) is 6.02. The molecule has 2 aromatic rings. The van der Waals surface area contributed by atoms with Crippen LogP contribution in [0.1, 0.15) is 21.8 Å². The van der Waals surface area contributed by atoms with E-state index in [1.165, 1.54) is 0 Å². The van der Waals surface area contributed by atoms with Crippen molar-refractivity contribution in [2.45, 2.75) is 13.5 Å². The Kier molecular flexibility index (Phi) is 4.44. The van der Waals surface area contributed by atoms with Crippen LogP contribution >= 0.6 is 15.9 Å². The maximum absolute atomic E-state index is 12.3. The lowest BCUT2D eigenvalue weighted by atomic mass is 10.2. The maximum atomic E-state index is 12.3. The molecule has 0 radical (unpaired) electrons. The molecule has 0 aliphatic rings. The number of amides is 1. The normalized spacial score (nSPS) is 10.4. The van der Waals surface area contributed by atoms with E-state index in [1.54, 1.807) is 37.3 Å². The second-order valence-corrected chi connectivity index (χ2v) is 5.29. The smallest absolute Gasteiger partial charge is 0.253 e. The summed E-state index contributed by atoms with van der Waals surface area (Å²) in [5.74, 6) is 1.33. The second kappa shape index (κ2) is 6.09. The van der Waals surface area contributed by atoms with Crippen molar-refractivity contribution in [3.8, 4) is 5.75 Å². The Morgan fingerprint density at radius 2 is 2.20 bits per heavy atom. The van der Waals surface area contributed by atoms with Gasteiger partial charge in [-0.25, -0.2) is 0 Å². The van der Waals surface area contributed by atoms with E-state index in [1.807, 2.05) is 13.0 Å². The summed E-state index contributed by atoms with van der Waals surface area (Å²) in [6.45, 7) is 2.22. The molecule has 0 N–H and O–H groups in total. The van der Waals surface area contributed by atoms with Crippen LogP contribution < -0.4 is 4.74 Å². The van der Waals surface area contributed by atoms with Crippen molar-refractivity contribution in [1.82, 2.24) is 10.1 Å². The van der Waals surface area contributed by atoms with Gasteiger partial charge in [-0.1, -0.05) is 5.16 Å². The summed E-state index contributed by atoms with van der Waals surface area (Å²) in [6, 6.07) is 7.04. The largest absolute Gasteiger partial charge is 0.496 e. The number of methoxy groups -OCH3 is 1. The van der Waals surface area contributed by atoms with Gasteiger partial charge >= 0.3 is 0 Å². The predicted molar refractivity (Wildman–Crippen MR) is 77.7 cm³/mol. The fraction of sp³-hybridized carbons (Fsp3) is 0.286. The van der Waals surface area contributed by atoms with Crippen LogP contribution in [0.15, 0.2) is 33.3 Å². The molecule has 6 heteroatoms. The Balaban J connectivity index is 2.12. The van der Waals surface area contributed by atoms with Gasteiger partial charge in [0.05, 0.1) is 18.1 Å². The van der Waals surface area contributed by atoms with E-state index in [-0.39, 0.29) is 5.91 Å². The van der Waals surface area contributed by atoms with Gasteiger partial charge in [0.15, 0.2) is 0 Å². The van der Waals surface area contributed by atoms with Crippen LogP contribution in [-0.4, -0.2) is 30.1 Å². The molecule has 2 rings (SSSR count). The number of aryl methyl sites for hydroxylation is 1. The molecule has 1 heterocycles. The fourth-order valence-electron chi connectivity index (χ4n) is 1.83. The Labute approximate surface area is 125 Å². The Morgan fingerprint density at radius 1 is 1.45 bits per heavy atom. The van der Waals surface area contributed by atoms with Gasteiger partial charge in [0.25, 0.3) is 5.91 Å². The van der Waals surface area contributed by atoms with Crippen molar-refractivity contribution in [2.24, 2.45) is 0 Å². The number of aromatic nitrogens is 1.